The molecule has 0 saturated carbocycles. The summed E-state index contributed by atoms with van der Waals surface area (Å²) in [6.45, 7) is 10.7. The molecule has 1 heterocycles. The van der Waals surface area contributed by atoms with Gasteiger partial charge >= 0.3 is 6.09 Å². The SMILES string of the molecule is CCN(CCC(C)CCc1noc2c(CO)c(O)ccc12)C(=O)OC(C)(C)C. The second kappa shape index (κ2) is 9.28. The van der Waals surface area contributed by atoms with Crippen molar-refractivity contribution in [1.82, 2.24) is 10.1 Å². The van der Waals surface area contributed by atoms with Gasteiger partial charge in [-0.15, -0.1) is 0 Å². The van der Waals surface area contributed by atoms with Gasteiger partial charge < -0.3 is 24.4 Å². The van der Waals surface area contributed by atoms with Gasteiger partial charge in [-0.05, 0) is 65.0 Å². The Morgan fingerprint density at radius 3 is 2.64 bits per heavy atom. The third kappa shape index (κ3) is 5.61. The van der Waals surface area contributed by atoms with Crippen molar-refractivity contribution in [1.29, 1.82) is 0 Å². The minimum Gasteiger partial charge on any atom is -0.507 e. The Hall–Kier alpha value is -2.28. The van der Waals surface area contributed by atoms with Crippen molar-refractivity contribution in [3.05, 3.63) is 23.4 Å². The van der Waals surface area contributed by atoms with Crippen LogP contribution in [0.15, 0.2) is 16.7 Å². The van der Waals surface area contributed by atoms with E-state index >= 15 is 0 Å². The van der Waals surface area contributed by atoms with Crippen LogP contribution in [-0.2, 0) is 17.8 Å². The molecular formula is C21H32N2O5. The predicted molar refractivity (Wildman–Crippen MR) is 107 cm³/mol. The Bertz CT molecular complexity index is 794. The lowest BCUT2D eigenvalue weighted by Crippen LogP contribution is -2.37. The van der Waals surface area contributed by atoms with Gasteiger partial charge in [-0.25, -0.2) is 4.79 Å². The summed E-state index contributed by atoms with van der Waals surface area (Å²) in [4.78, 5) is 13.9. The lowest BCUT2D eigenvalue weighted by molar-refractivity contribution is 0.0251. The van der Waals surface area contributed by atoms with E-state index in [2.05, 4.69) is 12.1 Å². The van der Waals surface area contributed by atoms with Crippen LogP contribution in [0.1, 0.15) is 58.7 Å². The average Bonchev–Trinajstić information content (AvgIpc) is 3.02. The number of carbonyl (C=O) groups is 1. The maximum absolute atomic E-state index is 12.2. The summed E-state index contributed by atoms with van der Waals surface area (Å²) >= 11 is 0. The Morgan fingerprint density at radius 2 is 2.04 bits per heavy atom. The molecule has 2 rings (SSSR count). The van der Waals surface area contributed by atoms with Crippen LogP contribution >= 0.6 is 0 Å². The molecule has 28 heavy (non-hydrogen) atoms. The first kappa shape index (κ1) is 22.0. The Kier molecular flexibility index (Phi) is 7.29. The fraction of sp³-hybridized carbons (Fsp3) is 0.619. The summed E-state index contributed by atoms with van der Waals surface area (Å²) in [5, 5.41) is 24.2. The molecule has 0 bridgehead atoms. The van der Waals surface area contributed by atoms with Gasteiger partial charge in [-0.2, -0.15) is 0 Å². The van der Waals surface area contributed by atoms with E-state index in [1.165, 1.54) is 0 Å². The minimum absolute atomic E-state index is 0.00729. The first-order valence-corrected chi connectivity index (χ1v) is 9.84. The number of fused-ring (bicyclic) bond motifs is 1. The fourth-order valence-electron chi connectivity index (χ4n) is 3.04. The Balaban J connectivity index is 1.91. The van der Waals surface area contributed by atoms with Crippen LogP contribution in [0.5, 0.6) is 5.75 Å². The summed E-state index contributed by atoms with van der Waals surface area (Å²) in [5.74, 6) is 0.394. The molecule has 7 heteroatoms. The zero-order valence-corrected chi connectivity index (χ0v) is 17.5. The number of rotatable bonds is 8. The van der Waals surface area contributed by atoms with Crippen molar-refractivity contribution < 1.29 is 24.3 Å². The second-order valence-electron chi connectivity index (χ2n) is 8.22. The van der Waals surface area contributed by atoms with Crippen LogP contribution in [0.2, 0.25) is 0 Å². The Labute approximate surface area is 166 Å². The van der Waals surface area contributed by atoms with Crippen molar-refractivity contribution in [3.8, 4) is 5.75 Å². The molecule has 1 aromatic carbocycles. The molecule has 1 amide bonds. The maximum atomic E-state index is 12.2. The van der Waals surface area contributed by atoms with Gasteiger partial charge in [-0.1, -0.05) is 12.1 Å². The minimum atomic E-state index is -0.494. The number of carbonyl (C=O) groups excluding carboxylic acids is 1. The first-order valence-electron chi connectivity index (χ1n) is 9.84. The van der Waals surface area contributed by atoms with Crippen molar-refractivity contribution >= 4 is 17.1 Å². The van der Waals surface area contributed by atoms with Crippen LogP contribution in [0.3, 0.4) is 0 Å². The summed E-state index contributed by atoms with van der Waals surface area (Å²) in [6.07, 6.45) is 2.21. The van der Waals surface area contributed by atoms with Gasteiger partial charge in [-0.3, -0.25) is 0 Å². The zero-order chi connectivity index (χ0) is 20.9. The number of aromatic nitrogens is 1. The monoisotopic (exact) mass is 392 g/mol. The number of amides is 1. The molecule has 0 radical (unpaired) electrons. The third-order valence-electron chi connectivity index (χ3n) is 4.75. The molecule has 1 atom stereocenters. The molecule has 0 fully saturated rings. The number of nitrogens with zero attached hydrogens (tertiary/aromatic N) is 2. The largest absolute Gasteiger partial charge is 0.507 e. The van der Waals surface area contributed by atoms with Gasteiger partial charge in [0.1, 0.15) is 11.4 Å². The summed E-state index contributed by atoms with van der Waals surface area (Å²) in [5.41, 5.74) is 1.12. The molecular weight excluding hydrogens is 360 g/mol. The van der Waals surface area contributed by atoms with Crippen LogP contribution in [0.4, 0.5) is 4.79 Å². The number of phenols is 1. The summed E-state index contributed by atoms with van der Waals surface area (Å²) in [6, 6.07) is 3.32. The van der Waals surface area contributed by atoms with E-state index in [9.17, 15) is 15.0 Å². The van der Waals surface area contributed by atoms with Crippen LogP contribution in [0, 0.1) is 5.92 Å². The topological polar surface area (TPSA) is 96.0 Å². The van der Waals surface area contributed by atoms with Crippen LogP contribution in [0.25, 0.3) is 11.0 Å². The number of aliphatic hydroxyl groups excluding tert-OH is 1. The molecule has 2 aromatic rings. The Morgan fingerprint density at radius 1 is 1.32 bits per heavy atom. The van der Waals surface area contributed by atoms with E-state index in [1.54, 1.807) is 17.0 Å². The van der Waals surface area contributed by atoms with Gasteiger partial charge in [0.2, 0.25) is 0 Å². The first-order chi connectivity index (χ1) is 13.2. The van der Waals surface area contributed by atoms with E-state index < -0.39 is 5.60 Å². The standard InChI is InChI=1S/C21H32N2O5/c1-6-23(20(26)27-21(3,4)5)12-11-14(2)7-9-17-15-8-10-18(25)16(13-24)19(15)28-22-17/h8,10,14,24-25H,6-7,9,11-13H2,1-5H3. The van der Waals surface area contributed by atoms with Crippen molar-refractivity contribution in [2.45, 2.75) is 66.1 Å². The number of benzene rings is 1. The van der Waals surface area contributed by atoms with E-state index in [-0.39, 0.29) is 18.4 Å². The molecule has 0 spiro atoms. The number of aromatic hydroxyl groups is 1. The van der Waals surface area contributed by atoms with Crippen LogP contribution < -0.4 is 0 Å². The average molecular weight is 392 g/mol. The van der Waals surface area contributed by atoms with Gasteiger partial charge in [0.05, 0.1) is 17.9 Å². The predicted octanol–water partition coefficient (Wildman–Crippen LogP) is 4.24. The molecule has 0 saturated heterocycles. The fourth-order valence-corrected chi connectivity index (χ4v) is 3.04. The molecule has 1 aromatic heterocycles. The second-order valence-corrected chi connectivity index (χ2v) is 8.22. The lowest BCUT2D eigenvalue weighted by atomic mass is 9.98. The number of aliphatic hydroxyl groups is 1. The highest BCUT2D eigenvalue weighted by Crippen LogP contribution is 2.30. The van der Waals surface area contributed by atoms with E-state index in [0.29, 0.717) is 30.2 Å². The normalized spacial score (nSPS) is 12.9. The zero-order valence-electron chi connectivity index (χ0n) is 17.5. The third-order valence-corrected chi connectivity index (χ3v) is 4.75. The number of hydrogen-bond donors (Lipinski definition) is 2. The highest BCUT2D eigenvalue weighted by Gasteiger charge is 2.21. The maximum Gasteiger partial charge on any atom is 0.410 e. The molecule has 0 aliphatic heterocycles. The van der Waals surface area contributed by atoms with Crippen molar-refractivity contribution in [2.75, 3.05) is 13.1 Å². The van der Waals surface area contributed by atoms with Crippen molar-refractivity contribution in [3.63, 3.8) is 0 Å². The van der Waals surface area contributed by atoms with E-state index in [0.717, 1.165) is 30.3 Å². The van der Waals surface area contributed by atoms with Gasteiger partial charge in [0, 0.05) is 18.5 Å². The molecule has 2 N–H and O–H groups in total. The lowest BCUT2D eigenvalue weighted by Gasteiger charge is -2.27. The molecule has 7 nitrogen and oxygen atoms in total. The van der Waals surface area contributed by atoms with E-state index in [1.807, 2.05) is 27.7 Å². The number of hydrogen-bond acceptors (Lipinski definition) is 6. The van der Waals surface area contributed by atoms with Gasteiger partial charge in [0.15, 0.2) is 5.58 Å². The highest BCUT2D eigenvalue weighted by molar-refractivity contribution is 5.84. The quantitative estimate of drug-likeness (QED) is 0.697. The van der Waals surface area contributed by atoms with Crippen molar-refractivity contribution in [2.24, 2.45) is 5.92 Å². The summed E-state index contributed by atoms with van der Waals surface area (Å²) < 4.78 is 10.8. The smallest absolute Gasteiger partial charge is 0.410 e. The number of ether oxygens (including phenoxy) is 1. The number of aryl methyl sites for hydroxylation is 1. The van der Waals surface area contributed by atoms with E-state index in [4.69, 9.17) is 9.26 Å². The molecule has 156 valence electrons. The summed E-state index contributed by atoms with van der Waals surface area (Å²) in [7, 11) is 0. The molecule has 0 aliphatic carbocycles. The van der Waals surface area contributed by atoms with Crippen LogP contribution in [-0.4, -0.2) is 45.1 Å². The molecule has 0 aliphatic rings. The molecule has 1 unspecified atom stereocenters. The van der Waals surface area contributed by atoms with Gasteiger partial charge in [0.25, 0.3) is 0 Å². The highest BCUT2D eigenvalue weighted by atomic mass is 16.6.